The van der Waals surface area contributed by atoms with E-state index in [4.69, 9.17) is 11.1 Å². The van der Waals surface area contributed by atoms with Gasteiger partial charge in [-0.25, -0.2) is 9.78 Å². The number of hydrogen-bond acceptors (Lipinski definition) is 7. The molecule has 3 N–H and O–H groups in total. The van der Waals surface area contributed by atoms with Gasteiger partial charge in [0, 0.05) is 18.1 Å². The molecule has 6 nitrogen and oxygen atoms in total. The van der Waals surface area contributed by atoms with Gasteiger partial charge in [0.2, 0.25) is 5.78 Å². The van der Waals surface area contributed by atoms with Crippen LogP contribution in [-0.2, 0) is 4.74 Å². The minimum atomic E-state index is -0.619. The van der Waals surface area contributed by atoms with Crippen LogP contribution in [-0.4, -0.2) is 29.6 Å². The Morgan fingerprint density at radius 1 is 1.40 bits per heavy atom. The Kier molecular flexibility index (Phi) is 3.90. The molecule has 1 heterocycles. The predicted molar refractivity (Wildman–Crippen MR) is 77.6 cm³/mol. The summed E-state index contributed by atoms with van der Waals surface area (Å²) in [5, 5.41) is 9.37. The first-order valence-corrected chi connectivity index (χ1v) is 6.44. The van der Waals surface area contributed by atoms with Crippen LogP contribution in [0, 0.1) is 5.41 Å². The maximum Gasteiger partial charge on any atom is 0.357 e. The lowest BCUT2D eigenvalue weighted by Crippen LogP contribution is -2.16. The minimum absolute atomic E-state index is 0. The number of aromatic nitrogens is 1. The van der Waals surface area contributed by atoms with Crippen LogP contribution in [0.3, 0.4) is 0 Å². The van der Waals surface area contributed by atoms with Gasteiger partial charge in [-0.2, -0.15) is 0 Å². The van der Waals surface area contributed by atoms with Crippen molar-refractivity contribution in [2.75, 3.05) is 12.8 Å². The number of nitrogens with one attached hydrogen (secondary N) is 1. The molecule has 20 heavy (non-hydrogen) atoms. The van der Waals surface area contributed by atoms with E-state index in [1.54, 1.807) is 24.3 Å². The van der Waals surface area contributed by atoms with Crippen molar-refractivity contribution in [3.63, 3.8) is 0 Å². The topological polar surface area (TPSA) is 106 Å². The van der Waals surface area contributed by atoms with Crippen molar-refractivity contribution in [1.29, 1.82) is 5.41 Å². The normalized spacial score (nSPS) is 10.1. The summed E-state index contributed by atoms with van der Waals surface area (Å²) >= 11 is 0.987. The molecule has 0 aliphatic carbocycles. The molecule has 0 bridgehead atoms. The Morgan fingerprint density at radius 2 is 2.10 bits per heavy atom. The third-order valence-electron chi connectivity index (χ3n) is 2.55. The van der Waals surface area contributed by atoms with Crippen molar-refractivity contribution in [3.05, 3.63) is 45.9 Å². The van der Waals surface area contributed by atoms with Crippen molar-refractivity contribution >= 4 is 34.5 Å². The van der Waals surface area contributed by atoms with E-state index in [2.05, 4.69) is 9.72 Å². The summed E-state index contributed by atoms with van der Waals surface area (Å²) in [4.78, 5) is 27.3. The number of ether oxygens (including phenoxy) is 1. The second kappa shape index (κ2) is 5.62. The van der Waals surface area contributed by atoms with E-state index in [9.17, 15) is 9.59 Å². The van der Waals surface area contributed by atoms with Crippen molar-refractivity contribution in [2.24, 2.45) is 0 Å². The van der Waals surface area contributed by atoms with Gasteiger partial charge in [-0.05, 0) is 6.07 Å². The zero-order valence-electron chi connectivity index (χ0n) is 10.5. The highest BCUT2D eigenvalue weighted by molar-refractivity contribution is 7.13. The fraction of sp³-hybridized carbons (Fsp3) is 0.0769. The zero-order chi connectivity index (χ0) is 14.7. The molecule has 1 aromatic carbocycles. The lowest BCUT2D eigenvalue weighted by Gasteiger charge is -2.04. The number of carbonyl (C=O) groups is 2. The summed E-state index contributed by atoms with van der Waals surface area (Å²) < 4.78 is 4.51. The van der Waals surface area contributed by atoms with Gasteiger partial charge in [0.05, 0.1) is 7.11 Å². The van der Waals surface area contributed by atoms with Crippen LogP contribution in [0.1, 0.15) is 27.3 Å². The number of nitrogen functional groups attached to an aromatic ring is 1. The lowest BCUT2D eigenvalue weighted by molar-refractivity contribution is 0.0595. The molecule has 7 heteroatoms. The number of anilines is 1. The molecule has 0 amide bonds. The van der Waals surface area contributed by atoms with E-state index in [1.165, 1.54) is 12.5 Å². The monoisotopic (exact) mass is 291 g/mol. The van der Waals surface area contributed by atoms with Crippen LogP contribution in [0.25, 0.3) is 0 Å². The molecule has 1 aromatic heterocycles. The molecular weight excluding hydrogens is 278 g/mol. The Bertz CT molecular complexity index is 699. The van der Waals surface area contributed by atoms with Gasteiger partial charge in [-0.1, -0.05) is 18.2 Å². The van der Waals surface area contributed by atoms with E-state index in [0.29, 0.717) is 11.3 Å². The van der Waals surface area contributed by atoms with Gasteiger partial charge < -0.3 is 10.5 Å². The number of ketones is 1. The molecule has 0 unspecified atom stereocenters. The van der Waals surface area contributed by atoms with Gasteiger partial charge in [0.15, 0.2) is 10.7 Å². The maximum atomic E-state index is 12.1. The van der Waals surface area contributed by atoms with Crippen LogP contribution in [0.2, 0.25) is 0 Å². The summed E-state index contributed by atoms with van der Waals surface area (Å²) in [6.07, 6.45) is 0. The fourth-order valence-electron chi connectivity index (χ4n) is 1.53. The average molecular weight is 291 g/mol. The van der Waals surface area contributed by atoms with Gasteiger partial charge in [-0.15, -0.1) is 11.3 Å². The molecule has 2 rings (SSSR count). The van der Waals surface area contributed by atoms with Crippen molar-refractivity contribution < 1.29 is 15.8 Å². The smallest absolute Gasteiger partial charge is 0.357 e. The molecule has 0 radical (unpaired) electrons. The summed E-state index contributed by atoms with van der Waals surface area (Å²) in [6.45, 7) is 0. The highest BCUT2D eigenvalue weighted by atomic mass is 32.1. The number of esters is 1. The predicted octanol–water partition coefficient (Wildman–Crippen LogP) is 2.01. The molecular formula is C13H13N3O3S. The number of nitrogens with two attached hydrogens (primary N) is 1. The number of benzene rings is 1. The van der Waals surface area contributed by atoms with Crippen LogP contribution in [0.5, 0.6) is 0 Å². The summed E-state index contributed by atoms with van der Waals surface area (Å²) in [5.74, 6) is -1.20. The van der Waals surface area contributed by atoms with Crippen LogP contribution >= 0.6 is 11.3 Å². The number of Topliss-reactive ketones (excluding diaryl/α,β-unsaturated/α-hetero) is 1. The number of methoxy groups -OCH3 is 1. The third-order valence-corrected chi connectivity index (χ3v) is 3.39. The fourth-order valence-corrected chi connectivity index (χ4v) is 2.26. The Morgan fingerprint density at radius 3 is 2.75 bits per heavy atom. The quantitative estimate of drug-likeness (QED) is 0.388. The van der Waals surface area contributed by atoms with Crippen LogP contribution in [0.15, 0.2) is 29.6 Å². The number of carbonyl (C=O) groups excluding carboxylic acids is 2. The zero-order valence-corrected chi connectivity index (χ0v) is 11.4. The van der Waals surface area contributed by atoms with E-state index in [0.717, 1.165) is 11.3 Å². The number of nitrogens with zero attached hydrogens (tertiary/aromatic N) is 1. The summed E-state index contributed by atoms with van der Waals surface area (Å²) in [5.41, 5.74) is 6.21. The maximum absolute atomic E-state index is 12.1. The third kappa shape index (κ3) is 2.57. The number of thiazole rings is 1. The van der Waals surface area contributed by atoms with Crippen molar-refractivity contribution in [1.82, 2.24) is 4.98 Å². The molecule has 0 saturated carbocycles. The number of hydrogen-bond donors (Lipinski definition) is 2. The van der Waals surface area contributed by atoms with Crippen LogP contribution < -0.4 is 5.73 Å². The Hall–Kier alpha value is -2.54. The molecule has 104 valence electrons. The highest BCUT2D eigenvalue weighted by Crippen LogP contribution is 2.17. The Balaban J connectivity index is 0.00000220. The largest absolute Gasteiger partial charge is 0.464 e. The molecule has 0 saturated heterocycles. The van der Waals surface area contributed by atoms with E-state index < -0.39 is 11.8 Å². The lowest BCUT2D eigenvalue weighted by atomic mass is 10.1. The number of rotatable bonds is 4. The summed E-state index contributed by atoms with van der Waals surface area (Å²) in [7, 11) is 1.23. The highest BCUT2D eigenvalue weighted by Gasteiger charge is 2.21. The molecule has 0 atom stereocenters. The van der Waals surface area contributed by atoms with E-state index in [1.807, 2.05) is 0 Å². The van der Waals surface area contributed by atoms with Gasteiger partial charge in [0.25, 0.3) is 0 Å². The SMILES string of the molecule is COC(=O)c1csc(C(=O)C(=N)c2ccccc2N)n1.[HH]. The minimum Gasteiger partial charge on any atom is -0.464 e. The van der Waals surface area contributed by atoms with Gasteiger partial charge in [-0.3, -0.25) is 10.2 Å². The first-order valence-electron chi connectivity index (χ1n) is 5.56. The first-order chi connectivity index (χ1) is 9.54. The second-order valence-electron chi connectivity index (χ2n) is 3.82. The Labute approximate surface area is 120 Å². The van der Waals surface area contributed by atoms with Crippen molar-refractivity contribution in [3.8, 4) is 0 Å². The van der Waals surface area contributed by atoms with Crippen molar-refractivity contribution in [2.45, 2.75) is 0 Å². The molecule has 0 fully saturated rings. The number of para-hydroxylation sites is 1. The molecule has 2 aromatic rings. The average Bonchev–Trinajstić information content (AvgIpc) is 2.95. The molecule has 0 aliphatic heterocycles. The summed E-state index contributed by atoms with van der Waals surface area (Å²) in [6, 6.07) is 6.61. The molecule has 0 aliphatic rings. The van der Waals surface area contributed by atoms with E-state index >= 15 is 0 Å². The second-order valence-corrected chi connectivity index (χ2v) is 4.68. The van der Waals surface area contributed by atoms with Crippen LogP contribution in [0.4, 0.5) is 5.69 Å². The first kappa shape index (κ1) is 13.9. The van der Waals surface area contributed by atoms with Gasteiger partial charge >= 0.3 is 5.97 Å². The standard InChI is InChI=1S/C13H11N3O3S.H2/c1-19-13(18)9-6-20-12(16-9)11(17)10(15)7-4-2-3-5-8(7)14;/h2-6,15H,14H2,1H3;1H. The van der Waals surface area contributed by atoms with Gasteiger partial charge in [0.1, 0.15) is 5.71 Å². The molecule has 0 spiro atoms. The van der Waals surface area contributed by atoms with E-state index in [-0.39, 0.29) is 17.8 Å².